The first-order valence-electron chi connectivity index (χ1n) is 5.48. The van der Waals surface area contributed by atoms with Crippen LogP contribution in [0.25, 0.3) is 5.57 Å². The highest BCUT2D eigenvalue weighted by Gasteiger charge is 2.36. The summed E-state index contributed by atoms with van der Waals surface area (Å²) in [6, 6.07) is 5.86. The Hall–Kier alpha value is -1.11. The van der Waals surface area contributed by atoms with Crippen molar-refractivity contribution >= 4 is 21.5 Å². The van der Waals surface area contributed by atoms with Crippen molar-refractivity contribution in [3.05, 3.63) is 52.3 Å². The Kier molecular flexibility index (Phi) is 4.13. The smallest absolute Gasteiger partial charge is 0.299 e. The largest absolute Gasteiger partial charge is 0.347 e. The van der Waals surface area contributed by atoms with E-state index in [1.54, 1.807) is 18.2 Å². The summed E-state index contributed by atoms with van der Waals surface area (Å²) in [6.45, 7) is -2.99. The number of nitrogens with two attached hydrogens (primary N) is 1. The summed E-state index contributed by atoms with van der Waals surface area (Å²) in [6.07, 6.45) is 3.25. The molecule has 2 rings (SSSR count). The molecule has 2 N–H and O–H groups in total. The normalized spacial score (nSPS) is 23.3. The van der Waals surface area contributed by atoms with Crippen LogP contribution in [0.2, 0.25) is 0 Å². The zero-order valence-electron chi connectivity index (χ0n) is 9.75. The zero-order valence-corrected chi connectivity index (χ0v) is 11.3. The van der Waals surface area contributed by atoms with Crippen molar-refractivity contribution in [3.63, 3.8) is 0 Å². The second-order valence-corrected chi connectivity index (χ2v) is 5.02. The van der Waals surface area contributed by atoms with Crippen LogP contribution in [0, 0.1) is 5.82 Å². The van der Waals surface area contributed by atoms with Gasteiger partial charge in [-0.25, -0.2) is 4.39 Å². The molecule has 0 radical (unpaired) electrons. The van der Waals surface area contributed by atoms with Crippen molar-refractivity contribution in [1.29, 1.82) is 0 Å². The van der Waals surface area contributed by atoms with E-state index in [0.29, 0.717) is 15.6 Å². The van der Waals surface area contributed by atoms with Crippen molar-refractivity contribution in [2.45, 2.75) is 18.8 Å². The Morgan fingerprint density at radius 1 is 1.32 bits per heavy atom. The van der Waals surface area contributed by atoms with Gasteiger partial charge in [0.15, 0.2) is 5.72 Å². The third kappa shape index (κ3) is 3.26. The minimum Gasteiger partial charge on any atom is -0.299 e. The summed E-state index contributed by atoms with van der Waals surface area (Å²) >= 11 is 3.11. The van der Waals surface area contributed by atoms with Crippen LogP contribution < -0.4 is 5.73 Å². The van der Waals surface area contributed by atoms with E-state index in [-0.39, 0.29) is 6.42 Å². The van der Waals surface area contributed by atoms with Crippen molar-refractivity contribution in [2.24, 2.45) is 5.73 Å². The van der Waals surface area contributed by atoms with Crippen LogP contribution in [-0.4, -0.2) is 12.3 Å². The molecule has 0 heterocycles. The van der Waals surface area contributed by atoms with Gasteiger partial charge >= 0.3 is 6.61 Å². The van der Waals surface area contributed by atoms with E-state index in [0.717, 1.165) is 0 Å². The number of hydrogen-bond donors (Lipinski definition) is 1. The van der Waals surface area contributed by atoms with E-state index in [1.807, 2.05) is 0 Å². The van der Waals surface area contributed by atoms with Crippen molar-refractivity contribution < 1.29 is 17.9 Å². The second-order valence-electron chi connectivity index (χ2n) is 4.16. The van der Waals surface area contributed by atoms with Crippen LogP contribution in [0.5, 0.6) is 0 Å². The number of rotatable bonds is 3. The SMILES string of the molecule is NC1(OC(F)F)CC(c2cccc(F)c2)=CC=C1Br. The molecule has 6 heteroatoms. The molecule has 0 aromatic heterocycles. The highest BCUT2D eigenvalue weighted by atomic mass is 79.9. The van der Waals surface area contributed by atoms with Gasteiger partial charge in [-0.05, 0) is 29.3 Å². The summed E-state index contributed by atoms with van der Waals surface area (Å²) in [7, 11) is 0. The molecule has 0 fully saturated rings. The standard InChI is InChI=1S/C13H11BrF3NO/c14-11-5-4-9(7-13(11,18)19-12(16)17)8-2-1-3-10(15)6-8/h1-6,12H,7,18H2. The summed E-state index contributed by atoms with van der Waals surface area (Å²) in [5.41, 5.74) is 5.40. The van der Waals surface area contributed by atoms with Gasteiger partial charge in [0.2, 0.25) is 0 Å². The third-order valence-corrected chi connectivity index (χ3v) is 3.72. The van der Waals surface area contributed by atoms with Crippen molar-refractivity contribution in [3.8, 4) is 0 Å². The van der Waals surface area contributed by atoms with Gasteiger partial charge in [0, 0.05) is 10.9 Å². The lowest BCUT2D eigenvalue weighted by Gasteiger charge is -2.32. The van der Waals surface area contributed by atoms with E-state index >= 15 is 0 Å². The molecule has 1 aliphatic carbocycles. The van der Waals surface area contributed by atoms with Gasteiger partial charge < -0.3 is 0 Å². The molecule has 0 amide bonds. The van der Waals surface area contributed by atoms with Crippen LogP contribution >= 0.6 is 15.9 Å². The van der Waals surface area contributed by atoms with E-state index in [9.17, 15) is 13.2 Å². The second kappa shape index (κ2) is 5.48. The number of allylic oxidation sites excluding steroid dienone is 2. The Bertz CT molecular complexity index is 544. The Morgan fingerprint density at radius 2 is 2.05 bits per heavy atom. The van der Waals surface area contributed by atoms with E-state index in [4.69, 9.17) is 5.73 Å². The number of halogens is 4. The zero-order chi connectivity index (χ0) is 14.0. The number of alkyl halides is 2. The van der Waals surface area contributed by atoms with Gasteiger partial charge in [-0.3, -0.25) is 10.5 Å². The summed E-state index contributed by atoms with van der Waals surface area (Å²) < 4.78 is 42.8. The molecule has 102 valence electrons. The van der Waals surface area contributed by atoms with Gasteiger partial charge in [0.1, 0.15) is 5.82 Å². The Labute approximate surface area is 116 Å². The highest BCUT2D eigenvalue weighted by molar-refractivity contribution is 9.11. The molecule has 0 bridgehead atoms. The molecule has 1 aliphatic rings. The third-order valence-electron chi connectivity index (χ3n) is 2.78. The summed E-state index contributed by atoms with van der Waals surface area (Å²) in [5, 5.41) is 0. The maximum Gasteiger partial charge on any atom is 0.347 e. The molecule has 1 unspecified atom stereocenters. The van der Waals surface area contributed by atoms with Gasteiger partial charge in [-0.2, -0.15) is 8.78 Å². The van der Waals surface area contributed by atoms with E-state index in [1.165, 1.54) is 18.2 Å². The van der Waals surface area contributed by atoms with Crippen molar-refractivity contribution in [1.82, 2.24) is 0 Å². The van der Waals surface area contributed by atoms with Gasteiger partial charge in [0.05, 0.1) is 0 Å². The minimum absolute atomic E-state index is 0.0257. The predicted molar refractivity (Wildman–Crippen MR) is 70.0 cm³/mol. The van der Waals surface area contributed by atoms with Gasteiger partial charge in [-0.15, -0.1) is 0 Å². The lowest BCUT2D eigenvalue weighted by atomic mass is 9.92. The molecule has 19 heavy (non-hydrogen) atoms. The molecule has 1 atom stereocenters. The maximum atomic E-state index is 13.2. The maximum absolute atomic E-state index is 13.2. The average Bonchev–Trinajstić information content (AvgIpc) is 2.32. The topological polar surface area (TPSA) is 35.2 Å². The van der Waals surface area contributed by atoms with Gasteiger partial charge in [0.25, 0.3) is 0 Å². The molecule has 0 aliphatic heterocycles. The monoisotopic (exact) mass is 333 g/mol. The first-order chi connectivity index (χ1) is 8.90. The fourth-order valence-electron chi connectivity index (χ4n) is 1.88. The predicted octanol–water partition coefficient (Wildman–Crippen LogP) is 3.79. The first-order valence-corrected chi connectivity index (χ1v) is 6.28. The molecule has 0 spiro atoms. The molecule has 0 saturated carbocycles. The first kappa shape index (κ1) is 14.3. The Balaban J connectivity index is 2.30. The molecular weight excluding hydrogens is 323 g/mol. The number of hydrogen-bond acceptors (Lipinski definition) is 2. The van der Waals surface area contributed by atoms with Crippen LogP contribution in [0.1, 0.15) is 12.0 Å². The van der Waals surface area contributed by atoms with E-state index in [2.05, 4.69) is 20.7 Å². The van der Waals surface area contributed by atoms with Crippen LogP contribution in [0.4, 0.5) is 13.2 Å². The van der Waals surface area contributed by atoms with Crippen LogP contribution in [0.15, 0.2) is 40.9 Å². The fourth-order valence-corrected chi connectivity index (χ4v) is 2.25. The summed E-state index contributed by atoms with van der Waals surface area (Å²) in [4.78, 5) is 0. The van der Waals surface area contributed by atoms with Crippen LogP contribution in [0.3, 0.4) is 0 Å². The number of benzene rings is 1. The molecule has 2 nitrogen and oxygen atoms in total. The lowest BCUT2D eigenvalue weighted by Crippen LogP contribution is -2.45. The summed E-state index contributed by atoms with van der Waals surface area (Å²) in [5.74, 6) is -0.399. The molecule has 0 saturated heterocycles. The highest BCUT2D eigenvalue weighted by Crippen LogP contribution is 2.37. The van der Waals surface area contributed by atoms with Crippen molar-refractivity contribution in [2.75, 3.05) is 0 Å². The Morgan fingerprint density at radius 3 is 2.68 bits per heavy atom. The number of ether oxygens (including phenoxy) is 1. The minimum atomic E-state index is -2.99. The fraction of sp³-hybridized carbons (Fsp3) is 0.231. The van der Waals surface area contributed by atoms with Gasteiger partial charge in [-0.1, -0.05) is 34.1 Å². The molecule has 1 aromatic carbocycles. The average molecular weight is 334 g/mol. The quantitative estimate of drug-likeness (QED) is 0.854. The van der Waals surface area contributed by atoms with E-state index < -0.39 is 18.2 Å². The lowest BCUT2D eigenvalue weighted by molar-refractivity contribution is -0.189. The van der Waals surface area contributed by atoms with Crippen LogP contribution in [-0.2, 0) is 4.74 Å². The molecule has 1 aromatic rings. The molecular formula is C13H11BrF3NO.